The van der Waals surface area contributed by atoms with Gasteiger partial charge in [-0.25, -0.2) is 13.2 Å². The van der Waals surface area contributed by atoms with Gasteiger partial charge in [0, 0.05) is 12.3 Å². The van der Waals surface area contributed by atoms with Crippen LogP contribution in [0, 0.1) is 11.8 Å². The summed E-state index contributed by atoms with van der Waals surface area (Å²) in [6.45, 7) is 4.01. The number of carbonyl (C=O) groups is 2. The summed E-state index contributed by atoms with van der Waals surface area (Å²) in [7, 11) is -3.12. The van der Waals surface area contributed by atoms with Gasteiger partial charge in [0.2, 0.25) is 0 Å². The number of hydrogen-bond acceptors (Lipinski definition) is 5. The van der Waals surface area contributed by atoms with Crippen molar-refractivity contribution in [1.29, 1.82) is 0 Å². The van der Waals surface area contributed by atoms with Gasteiger partial charge in [0.15, 0.2) is 16.4 Å². The first-order valence-electron chi connectivity index (χ1n) is 8.89. The van der Waals surface area contributed by atoms with Crippen LogP contribution in [0.1, 0.15) is 49.0 Å². The number of esters is 1. The highest BCUT2D eigenvalue weighted by Crippen LogP contribution is 2.29. The molecule has 1 fully saturated rings. The van der Waals surface area contributed by atoms with Crippen molar-refractivity contribution in [3.63, 3.8) is 0 Å². The molecule has 0 saturated heterocycles. The number of nitrogens with one attached hydrogen (secondary N) is 1. The van der Waals surface area contributed by atoms with Gasteiger partial charge in [-0.2, -0.15) is 0 Å². The van der Waals surface area contributed by atoms with Crippen molar-refractivity contribution in [3.05, 3.63) is 35.4 Å². The van der Waals surface area contributed by atoms with E-state index in [2.05, 4.69) is 19.2 Å². The van der Waals surface area contributed by atoms with E-state index in [1.165, 1.54) is 18.6 Å². The van der Waals surface area contributed by atoms with Crippen LogP contribution in [-0.4, -0.2) is 39.2 Å². The van der Waals surface area contributed by atoms with E-state index in [4.69, 9.17) is 4.74 Å². The van der Waals surface area contributed by atoms with Crippen LogP contribution in [0.4, 0.5) is 0 Å². The van der Waals surface area contributed by atoms with Gasteiger partial charge >= 0.3 is 5.97 Å². The first-order chi connectivity index (χ1) is 12.2. The first kappa shape index (κ1) is 20.4. The lowest BCUT2D eigenvalue weighted by Gasteiger charge is -2.34. The molecule has 1 aliphatic carbocycles. The Labute approximate surface area is 155 Å². The molecule has 7 heteroatoms. The predicted octanol–water partition coefficient (Wildman–Crippen LogP) is 2.33. The average molecular weight is 381 g/mol. The normalized spacial score (nSPS) is 23.3. The van der Waals surface area contributed by atoms with E-state index in [0.29, 0.717) is 17.4 Å². The molecule has 1 saturated carbocycles. The fraction of sp³-hybridized carbons (Fsp3) is 0.579. The third-order valence-corrected chi connectivity index (χ3v) is 5.86. The fourth-order valence-corrected chi connectivity index (χ4v) is 4.09. The summed E-state index contributed by atoms with van der Waals surface area (Å²) in [5.41, 5.74) is 0.886. The number of ether oxygens (including phenoxy) is 1. The molecule has 1 aromatic rings. The Morgan fingerprint density at radius 1 is 1.15 bits per heavy atom. The zero-order valence-electron chi connectivity index (χ0n) is 15.5. The highest BCUT2D eigenvalue weighted by Gasteiger charge is 2.28. The Balaban J connectivity index is 1.83. The number of amides is 1. The standard InChI is InChI=1S/C19H27NO5S/c1-13-5-4-6-17(14(13)2)20-18(21)11-25-19(22)16-9-7-15(8-10-16)12-26(3,23)24/h7-10,13-14,17H,4-6,11-12H2,1-3H3,(H,20,21)/t13-,14+,17+/m0/s1. The van der Waals surface area contributed by atoms with Crippen molar-refractivity contribution in [3.8, 4) is 0 Å². The van der Waals surface area contributed by atoms with Gasteiger partial charge in [0.1, 0.15) is 0 Å². The van der Waals surface area contributed by atoms with Crippen LogP contribution in [-0.2, 0) is 25.1 Å². The highest BCUT2D eigenvalue weighted by atomic mass is 32.2. The van der Waals surface area contributed by atoms with E-state index in [0.717, 1.165) is 19.1 Å². The quantitative estimate of drug-likeness (QED) is 0.764. The summed E-state index contributed by atoms with van der Waals surface area (Å²) in [5, 5.41) is 2.96. The number of carbonyl (C=O) groups excluding carboxylic acids is 2. The minimum Gasteiger partial charge on any atom is -0.452 e. The third kappa shape index (κ3) is 6.12. The van der Waals surface area contributed by atoms with Crippen molar-refractivity contribution < 1.29 is 22.7 Å². The van der Waals surface area contributed by atoms with Gasteiger partial charge in [-0.15, -0.1) is 0 Å². The topological polar surface area (TPSA) is 89.5 Å². The maximum atomic E-state index is 12.1. The molecule has 6 nitrogen and oxygen atoms in total. The second-order valence-corrected chi connectivity index (χ2v) is 9.42. The molecule has 0 heterocycles. The molecule has 1 aliphatic rings. The van der Waals surface area contributed by atoms with Gasteiger partial charge in [-0.1, -0.05) is 38.8 Å². The zero-order valence-corrected chi connectivity index (χ0v) is 16.3. The lowest BCUT2D eigenvalue weighted by molar-refractivity contribution is -0.125. The summed E-state index contributed by atoms with van der Waals surface area (Å²) in [6.07, 6.45) is 4.38. The molecular weight excluding hydrogens is 354 g/mol. The van der Waals surface area contributed by atoms with Gasteiger partial charge in [0.25, 0.3) is 5.91 Å². The fourth-order valence-electron chi connectivity index (χ4n) is 3.29. The van der Waals surface area contributed by atoms with Crippen molar-refractivity contribution in [1.82, 2.24) is 5.32 Å². The molecule has 0 bridgehead atoms. The molecule has 144 valence electrons. The average Bonchev–Trinajstić information content (AvgIpc) is 2.56. The summed E-state index contributed by atoms with van der Waals surface area (Å²) >= 11 is 0. The molecule has 1 aromatic carbocycles. The van der Waals surface area contributed by atoms with Crippen LogP contribution in [0.2, 0.25) is 0 Å². The Bertz CT molecular complexity index is 742. The van der Waals surface area contributed by atoms with Crippen molar-refractivity contribution >= 4 is 21.7 Å². The smallest absolute Gasteiger partial charge is 0.338 e. The van der Waals surface area contributed by atoms with E-state index < -0.39 is 15.8 Å². The Morgan fingerprint density at radius 3 is 2.42 bits per heavy atom. The van der Waals surface area contributed by atoms with Crippen molar-refractivity contribution in [2.24, 2.45) is 11.8 Å². The molecule has 0 unspecified atom stereocenters. The van der Waals surface area contributed by atoms with Gasteiger partial charge < -0.3 is 10.1 Å². The lowest BCUT2D eigenvalue weighted by Crippen LogP contribution is -2.45. The molecule has 1 N–H and O–H groups in total. The van der Waals surface area contributed by atoms with E-state index in [-0.39, 0.29) is 29.9 Å². The summed E-state index contributed by atoms with van der Waals surface area (Å²) in [4.78, 5) is 24.1. The maximum Gasteiger partial charge on any atom is 0.338 e. The van der Waals surface area contributed by atoms with Crippen LogP contribution in [0.3, 0.4) is 0 Å². The van der Waals surface area contributed by atoms with Crippen LogP contribution in [0.25, 0.3) is 0 Å². The van der Waals surface area contributed by atoms with Gasteiger partial charge in [-0.3, -0.25) is 4.79 Å². The van der Waals surface area contributed by atoms with E-state index in [1.807, 2.05) is 0 Å². The first-order valence-corrected chi connectivity index (χ1v) is 10.9. The number of benzene rings is 1. The minimum atomic E-state index is -3.12. The number of sulfone groups is 1. The molecule has 2 rings (SSSR count). The second-order valence-electron chi connectivity index (χ2n) is 7.28. The Kier molecular flexibility index (Phi) is 6.81. The Hall–Kier alpha value is -1.89. The predicted molar refractivity (Wildman–Crippen MR) is 99.4 cm³/mol. The van der Waals surface area contributed by atoms with Crippen molar-refractivity contribution in [2.45, 2.75) is 44.9 Å². The monoisotopic (exact) mass is 381 g/mol. The van der Waals surface area contributed by atoms with Crippen LogP contribution in [0.5, 0.6) is 0 Å². The molecule has 0 aromatic heterocycles. The SMILES string of the molecule is C[C@@H]1[C@@H](C)CCC[C@H]1NC(=O)COC(=O)c1ccc(CS(C)(=O)=O)cc1. The van der Waals surface area contributed by atoms with Crippen molar-refractivity contribution in [2.75, 3.05) is 12.9 Å². The summed E-state index contributed by atoms with van der Waals surface area (Å²) in [5.74, 6) is 0.00452. The van der Waals surface area contributed by atoms with E-state index in [1.54, 1.807) is 12.1 Å². The molecule has 1 amide bonds. The molecule has 3 atom stereocenters. The minimum absolute atomic E-state index is 0.0806. The molecule has 0 spiro atoms. The Morgan fingerprint density at radius 2 is 1.81 bits per heavy atom. The molecule has 26 heavy (non-hydrogen) atoms. The highest BCUT2D eigenvalue weighted by molar-refractivity contribution is 7.89. The summed E-state index contributed by atoms with van der Waals surface area (Å²) < 4.78 is 27.6. The van der Waals surface area contributed by atoms with Crippen LogP contribution in [0.15, 0.2) is 24.3 Å². The maximum absolute atomic E-state index is 12.1. The lowest BCUT2D eigenvalue weighted by atomic mass is 9.78. The molecule has 0 radical (unpaired) electrons. The number of rotatable bonds is 6. The van der Waals surface area contributed by atoms with Crippen LogP contribution < -0.4 is 5.32 Å². The largest absolute Gasteiger partial charge is 0.452 e. The second kappa shape index (κ2) is 8.66. The molecule has 0 aliphatic heterocycles. The van der Waals surface area contributed by atoms with E-state index in [9.17, 15) is 18.0 Å². The zero-order chi connectivity index (χ0) is 19.3. The summed E-state index contributed by atoms with van der Waals surface area (Å²) in [6, 6.07) is 6.28. The van der Waals surface area contributed by atoms with Gasteiger partial charge in [-0.05, 0) is 36.0 Å². The molecular formula is C19H27NO5S. The van der Waals surface area contributed by atoms with Crippen LogP contribution >= 0.6 is 0 Å². The third-order valence-electron chi connectivity index (χ3n) is 5.01. The van der Waals surface area contributed by atoms with E-state index >= 15 is 0 Å². The van der Waals surface area contributed by atoms with Gasteiger partial charge in [0.05, 0.1) is 11.3 Å². The number of hydrogen-bond donors (Lipinski definition) is 1.